The Morgan fingerprint density at radius 1 is 1.32 bits per heavy atom. The molecular weight excluding hydrogens is 428 g/mol. The number of hydrogen-bond donors (Lipinski definition) is 2. The fraction of sp³-hybridized carbons (Fsp3) is 0.692. The van der Waals surface area contributed by atoms with Gasteiger partial charge in [-0.2, -0.15) is 13.2 Å². The summed E-state index contributed by atoms with van der Waals surface area (Å²) >= 11 is 1.64. The van der Waals surface area contributed by atoms with Crippen molar-refractivity contribution in [1.29, 1.82) is 0 Å². The summed E-state index contributed by atoms with van der Waals surface area (Å²) in [6.07, 6.45) is -1.41. The van der Waals surface area contributed by atoms with Crippen LogP contribution in [-0.2, 0) is 13.0 Å². The monoisotopic (exact) mass is 450 g/mol. The molecule has 0 spiro atoms. The molecule has 0 atom stereocenters. The molecule has 0 saturated heterocycles. The highest BCUT2D eigenvalue weighted by molar-refractivity contribution is 14.0. The summed E-state index contributed by atoms with van der Waals surface area (Å²) in [6, 6.07) is 0. The minimum atomic E-state index is -4.07. The quantitative estimate of drug-likeness (QED) is 0.288. The molecule has 1 aromatic rings. The molecule has 0 aliphatic rings. The highest BCUT2D eigenvalue weighted by atomic mass is 127. The van der Waals surface area contributed by atoms with E-state index in [0.717, 1.165) is 11.4 Å². The number of alkyl halides is 3. The summed E-state index contributed by atoms with van der Waals surface area (Å²) in [5.74, 6) is 0.579. The fourth-order valence-electron chi connectivity index (χ4n) is 1.63. The van der Waals surface area contributed by atoms with Crippen molar-refractivity contribution in [2.45, 2.75) is 45.3 Å². The number of nitrogens with one attached hydrogen (secondary N) is 2. The predicted octanol–water partition coefficient (Wildman–Crippen LogP) is 3.72. The SMILES string of the molecule is CCc1cnc(CNC(=NC)NCCCCC(F)(F)F)s1.I. The highest BCUT2D eigenvalue weighted by Gasteiger charge is 2.25. The first-order valence-electron chi connectivity index (χ1n) is 6.89. The Morgan fingerprint density at radius 3 is 2.59 bits per heavy atom. The molecule has 0 aliphatic heterocycles. The summed E-state index contributed by atoms with van der Waals surface area (Å²) in [7, 11) is 1.63. The van der Waals surface area contributed by atoms with Gasteiger partial charge in [0, 0.05) is 31.1 Å². The number of halogens is 4. The minimum absolute atomic E-state index is 0. The van der Waals surface area contributed by atoms with Crippen LogP contribution in [0.25, 0.3) is 0 Å². The van der Waals surface area contributed by atoms with Gasteiger partial charge in [0.2, 0.25) is 0 Å². The zero-order valence-electron chi connectivity index (χ0n) is 12.7. The smallest absolute Gasteiger partial charge is 0.356 e. The molecule has 0 amide bonds. The Bertz CT molecular complexity index is 449. The third kappa shape index (κ3) is 9.44. The lowest BCUT2D eigenvalue weighted by atomic mass is 10.2. The van der Waals surface area contributed by atoms with E-state index in [1.165, 1.54) is 4.88 Å². The van der Waals surface area contributed by atoms with Gasteiger partial charge >= 0.3 is 6.18 Å². The van der Waals surface area contributed by atoms with E-state index in [4.69, 9.17) is 0 Å². The predicted molar refractivity (Wildman–Crippen MR) is 95.0 cm³/mol. The summed E-state index contributed by atoms with van der Waals surface area (Å²) < 4.78 is 36.0. The number of aliphatic imine (C=N–C) groups is 1. The van der Waals surface area contributed by atoms with Crippen LogP contribution in [0.1, 0.15) is 36.1 Å². The van der Waals surface area contributed by atoms with E-state index in [1.807, 2.05) is 6.20 Å². The summed E-state index contributed by atoms with van der Waals surface area (Å²) in [5.41, 5.74) is 0. The van der Waals surface area contributed by atoms with E-state index in [2.05, 4.69) is 27.5 Å². The van der Waals surface area contributed by atoms with Crippen molar-refractivity contribution in [3.8, 4) is 0 Å². The first-order valence-corrected chi connectivity index (χ1v) is 7.71. The molecule has 0 aliphatic carbocycles. The molecule has 0 saturated carbocycles. The lowest BCUT2D eigenvalue weighted by Crippen LogP contribution is -2.37. The summed E-state index contributed by atoms with van der Waals surface area (Å²) in [4.78, 5) is 9.53. The standard InChI is InChI=1S/C13H21F3N4S.HI/c1-3-10-8-19-11(21-10)9-20-12(17-2)18-7-5-4-6-13(14,15)16;/h8H,3-7,9H2,1-2H3,(H2,17,18,20);1H. The van der Waals surface area contributed by atoms with E-state index < -0.39 is 12.6 Å². The van der Waals surface area contributed by atoms with Crippen LogP contribution < -0.4 is 10.6 Å². The molecule has 128 valence electrons. The molecule has 0 fully saturated rings. The number of hydrogen-bond acceptors (Lipinski definition) is 3. The average Bonchev–Trinajstić information content (AvgIpc) is 2.88. The average molecular weight is 450 g/mol. The molecule has 0 aromatic carbocycles. The molecular formula is C13H22F3IN4S. The Balaban J connectivity index is 0.00000441. The van der Waals surface area contributed by atoms with Crippen LogP contribution in [0.5, 0.6) is 0 Å². The number of thiazole rings is 1. The second kappa shape index (κ2) is 11.0. The number of nitrogens with zero attached hydrogens (tertiary/aromatic N) is 2. The number of rotatable bonds is 7. The maximum Gasteiger partial charge on any atom is 0.389 e. The lowest BCUT2D eigenvalue weighted by molar-refractivity contribution is -0.135. The molecule has 4 nitrogen and oxygen atoms in total. The van der Waals surface area contributed by atoms with E-state index in [0.29, 0.717) is 25.5 Å². The van der Waals surface area contributed by atoms with Gasteiger partial charge < -0.3 is 10.6 Å². The topological polar surface area (TPSA) is 49.3 Å². The number of aromatic nitrogens is 1. The molecule has 0 unspecified atom stereocenters. The van der Waals surface area contributed by atoms with Crippen molar-refractivity contribution in [1.82, 2.24) is 15.6 Å². The van der Waals surface area contributed by atoms with Gasteiger partial charge in [0.15, 0.2) is 5.96 Å². The highest BCUT2D eigenvalue weighted by Crippen LogP contribution is 2.21. The van der Waals surface area contributed by atoms with Crippen LogP contribution in [0, 0.1) is 0 Å². The second-order valence-electron chi connectivity index (χ2n) is 4.50. The number of unbranched alkanes of at least 4 members (excludes halogenated alkanes) is 1. The molecule has 1 heterocycles. The van der Waals surface area contributed by atoms with Crippen molar-refractivity contribution in [3.05, 3.63) is 16.1 Å². The lowest BCUT2D eigenvalue weighted by Gasteiger charge is -2.11. The number of aryl methyl sites for hydroxylation is 1. The maximum absolute atomic E-state index is 12.0. The van der Waals surface area contributed by atoms with E-state index in [-0.39, 0.29) is 30.4 Å². The Kier molecular flexibility index (Phi) is 10.7. The number of guanidine groups is 1. The van der Waals surface area contributed by atoms with Crippen LogP contribution in [0.2, 0.25) is 0 Å². The molecule has 0 radical (unpaired) electrons. The Morgan fingerprint density at radius 2 is 2.05 bits per heavy atom. The Hall–Kier alpha value is -0.580. The summed E-state index contributed by atoms with van der Waals surface area (Å²) in [5, 5.41) is 7.05. The second-order valence-corrected chi connectivity index (χ2v) is 5.70. The first kappa shape index (κ1) is 21.4. The van der Waals surface area contributed by atoms with E-state index in [9.17, 15) is 13.2 Å². The minimum Gasteiger partial charge on any atom is -0.356 e. The van der Waals surface area contributed by atoms with Crippen LogP contribution in [0.3, 0.4) is 0 Å². The fourth-order valence-corrected chi connectivity index (χ4v) is 2.43. The molecule has 9 heteroatoms. The molecule has 2 N–H and O–H groups in total. The molecule has 22 heavy (non-hydrogen) atoms. The van der Waals surface area contributed by atoms with Crippen molar-refractivity contribution >= 4 is 41.3 Å². The molecule has 1 aromatic heterocycles. The Labute approximate surface area is 150 Å². The van der Waals surface area contributed by atoms with Crippen molar-refractivity contribution in [2.75, 3.05) is 13.6 Å². The van der Waals surface area contributed by atoms with Gasteiger partial charge in [-0.1, -0.05) is 6.92 Å². The zero-order chi connectivity index (χ0) is 15.7. The van der Waals surface area contributed by atoms with Gasteiger partial charge in [-0.15, -0.1) is 35.3 Å². The van der Waals surface area contributed by atoms with Crippen molar-refractivity contribution in [3.63, 3.8) is 0 Å². The molecule has 0 bridgehead atoms. The van der Waals surface area contributed by atoms with Crippen molar-refractivity contribution < 1.29 is 13.2 Å². The molecule has 1 rings (SSSR count). The van der Waals surface area contributed by atoms with Gasteiger partial charge in [-0.25, -0.2) is 4.98 Å². The van der Waals surface area contributed by atoms with Gasteiger partial charge in [0.1, 0.15) is 5.01 Å². The third-order valence-corrected chi connectivity index (χ3v) is 3.90. The van der Waals surface area contributed by atoms with Crippen LogP contribution in [0.15, 0.2) is 11.2 Å². The van der Waals surface area contributed by atoms with Gasteiger partial charge in [0.05, 0.1) is 6.54 Å². The largest absolute Gasteiger partial charge is 0.389 e. The summed E-state index contributed by atoms with van der Waals surface area (Å²) in [6.45, 7) is 3.10. The van der Waals surface area contributed by atoms with E-state index >= 15 is 0 Å². The van der Waals surface area contributed by atoms with Crippen LogP contribution in [-0.4, -0.2) is 30.7 Å². The van der Waals surface area contributed by atoms with Gasteiger partial charge in [0.25, 0.3) is 0 Å². The van der Waals surface area contributed by atoms with E-state index in [1.54, 1.807) is 18.4 Å². The normalized spacial score (nSPS) is 12.0. The van der Waals surface area contributed by atoms with Crippen LogP contribution in [0.4, 0.5) is 13.2 Å². The first-order chi connectivity index (χ1) is 9.94. The third-order valence-electron chi connectivity index (χ3n) is 2.76. The van der Waals surface area contributed by atoms with Gasteiger partial charge in [-0.05, 0) is 19.3 Å². The van der Waals surface area contributed by atoms with Gasteiger partial charge in [-0.3, -0.25) is 4.99 Å². The maximum atomic E-state index is 12.0. The zero-order valence-corrected chi connectivity index (χ0v) is 15.8. The van der Waals surface area contributed by atoms with Crippen LogP contribution >= 0.6 is 35.3 Å². The van der Waals surface area contributed by atoms with Crippen molar-refractivity contribution in [2.24, 2.45) is 4.99 Å².